The molecule has 0 bridgehead atoms. The van der Waals surface area contributed by atoms with Gasteiger partial charge in [-0.1, -0.05) is 54.1 Å². The topological polar surface area (TPSA) is 88.1 Å². The van der Waals surface area contributed by atoms with Crippen LogP contribution in [0.15, 0.2) is 82.8 Å². The second-order valence-corrected chi connectivity index (χ2v) is 9.61. The van der Waals surface area contributed by atoms with Gasteiger partial charge in [0.1, 0.15) is 5.75 Å². The first-order valence-corrected chi connectivity index (χ1v) is 11.9. The van der Waals surface area contributed by atoms with Gasteiger partial charge in [0, 0.05) is 11.6 Å². The van der Waals surface area contributed by atoms with Crippen molar-refractivity contribution in [3.63, 3.8) is 0 Å². The molecule has 0 aliphatic rings. The van der Waals surface area contributed by atoms with E-state index in [1.54, 1.807) is 49.4 Å². The van der Waals surface area contributed by atoms with Crippen molar-refractivity contribution in [3.8, 4) is 5.75 Å². The van der Waals surface area contributed by atoms with Crippen molar-refractivity contribution in [2.24, 2.45) is 5.10 Å². The van der Waals surface area contributed by atoms with E-state index in [0.717, 1.165) is 15.4 Å². The molecule has 0 aliphatic heterocycles. The highest BCUT2D eigenvalue weighted by Crippen LogP contribution is 2.24. The lowest BCUT2D eigenvalue weighted by Gasteiger charge is -2.22. The maximum absolute atomic E-state index is 13.4. The van der Waals surface area contributed by atoms with Crippen LogP contribution in [0, 0.1) is 6.92 Å². The molecule has 0 aliphatic carbocycles. The molecule has 3 aromatic rings. The summed E-state index contributed by atoms with van der Waals surface area (Å²) in [5.74, 6) is 0.0165. The molecule has 0 fully saturated rings. The molecule has 0 heterocycles. The van der Waals surface area contributed by atoms with Crippen LogP contribution in [0.4, 0.5) is 0 Å². The molecule has 0 radical (unpaired) electrons. The normalized spacial score (nSPS) is 11.6. The first kappa shape index (κ1) is 24.4. The highest BCUT2D eigenvalue weighted by molar-refractivity contribution is 7.89. The standard InChI is InChI=1S/C24H24ClN3O4S/c1-18-14-22(12-13-23(18)32-2)33(30,31)28(16-20-6-4-3-5-7-20)17-24(29)27-26-15-19-8-10-21(25)11-9-19/h3-15H,16-17H2,1-2H3,(H,27,29). The van der Waals surface area contributed by atoms with Gasteiger partial charge in [-0.3, -0.25) is 4.79 Å². The van der Waals surface area contributed by atoms with Crippen molar-refractivity contribution in [1.82, 2.24) is 9.73 Å². The number of carbonyl (C=O) groups is 1. The van der Waals surface area contributed by atoms with E-state index < -0.39 is 22.5 Å². The SMILES string of the molecule is COc1ccc(S(=O)(=O)N(CC(=O)NN=Cc2ccc(Cl)cc2)Cc2ccccc2)cc1C. The summed E-state index contributed by atoms with van der Waals surface area (Å²) in [6.45, 7) is 1.39. The minimum atomic E-state index is -3.97. The summed E-state index contributed by atoms with van der Waals surface area (Å²) in [5.41, 5.74) is 4.55. The zero-order valence-electron chi connectivity index (χ0n) is 18.2. The molecule has 3 rings (SSSR count). The number of carbonyl (C=O) groups excluding carboxylic acids is 1. The van der Waals surface area contributed by atoms with Gasteiger partial charge in [-0.05, 0) is 53.9 Å². The summed E-state index contributed by atoms with van der Waals surface area (Å²) in [5, 5.41) is 4.51. The number of halogens is 1. The van der Waals surface area contributed by atoms with Crippen molar-refractivity contribution in [3.05, 3.63) is 94.5 Å². The lowest BCUT2D eigenvalue weighted by atomic mass is 10.2. The number of benzene rings is 3. The molecule has 1 amide bonds. The molecule has 0 saturated heterocycles. The number of hydrazone groups is 1. The van der Waals surface area contributed by atoms with Gasteiger partial charge in [0.05, 0.1) is 24.8 Å². The number of sulfonamides is 1. The second-order valence-electron chi connectivity index (χ2n) is 7.23. The average Bonchev–Trinajstić information content (AvgIpc) is 2.80. The van der Waals surface area contributed by atoms with E-state index in [1.165, 1.54) is 25.5 Å². The summed E-state index contributed by atoms with van der Waals surface area (Å²) in [4.78, 5) is 12.6. The molecule has 172 valence electrons. The number of aryl methyl sites for hydroxylation is 1. The number of nitrogens with one attached hydrogen (secondary N) is 1. The molecular formula is C24H24ClN3O4S. The van der Waals surface area contributed by atoms with Gasteiger partial charge >= 0.3 is 0 Å². The number of methoxy groups -OCH3 is 1. The highest BCUT2D eigenvalue weighted by Gasteiger charge is 2.27. The van der Waals surface area contributed by atoms with Gasteiger partial charge in [0.25, 0.3) is 5.91 Å². The Morgan fingerprint density at radius 2 is 1.79 bits per heavy atom. The summed E-state index contributed by atoms with van der Waals surface area (Å²) in [6.07, 6.45) is 1.46. The Kier molecular flexibility index (Phi) is 8.21. The van der Waals surface area contributed by atoms with Crippen molar-refractivity contribution in [2.75, 3.05) is 13.7 Å². The van der Waals surface area contributed by atoms with Gasteiger partial charge in [0.2, 0.25) is 10.0 Å². The molecule has 0 aromatic heterocycles. The van der Waals surface area contributed by atoms with Gasteiger partial charge in [-0.25, -0.2) is 13.8 Å². The lowest BCUT2D eigenvalue weighted by molar-refractivity contribution is -0.121. The lowest BCUT2D eigenvalue weighted by Crippen LogP contribution is -2.39. The van der Waals surface area contributed by atoms with Crippen molar-refractivity contribution in [2.45, 2.75) is 18.4 Å². The fraction of sp³-hybridized carbons (Fsp3) is 0.167. The zero-order chi connectivity index (χ0) is 23.8. The third-order valence-corrected chi connectivity index (χ3v) is 6.84. The zero-order valence-corrected chi connectivity index (χ0v) is 19.8. The van der Waals surface area contributed by atoms with E-state index in [4.69, 9.17) is 16.3 Å². The van der Waals surface area contributed by atoms with Crippen LogP contribution in [0.1, 0.15) is 16.7 Å². The minimum absolute atomic E-state index is 0.0303. The number of hydrogen-bond acceptors (Lipinski definition) is 5. The van der Waals surface area contributed by atoms with Gasteiger partial charge in [-0.2, -0.15) is 9.41 Å². The second kappa shape index (κ2) is 11.1. The quantitative estimate of drug-likeness (QED) is 0.366. The van der Waals surface area contributed by atoms with Gasteiger partial charge < -0.3 is 4.74 Å². The van der Waals surface area contributed by atoms with Crippen LogP contribution >= 0.6 is 11.6 Å². The molecule has 9 heteroatoms. The highest BCUT2D eigenvalue weighted by atomic mass is 35.5. The summed E-state index contributed by atoms with van der Waals surface area (Å²) in [6, 6.07) is 20.6. The minimum Gasteiger partial charge on any atom is -0.496 e. The Labute approximate surface area is 198 Å². The monoisotopic (exact) mass is 485 g/mol. The molecular weight excluding hydrogens is 462 g/mol. The third-order valence-electron chi connectivity index (χ3n) is 4.80. The predicted octanol–water partition coefficient (Wildman–Crippen LogP) is 4.00. The fourth-order valence-electron chi connectivity index (χ4n) is 3.10. The number of amides is 1. The van der Waals surface area contributed by atoms with Crippen LogP contribution in [-0.2, 0) is 21.4 Å². The van der Waals surface area contributed by atoms with Crippen LogP contribution < -0.4 is 10.2 Å². The summed E-state index contributed by atoms with van der Waals surface area (Å²) < 4.78 is 33.2. The maximum Gasteiger partial charge on any atom is 0.255 e. The Bertz CT molecular complexity index is 1230. The van der Waals surface area contributed by atoms with Crippen LogP contribution in [0.25, 0.3) is 0 Å². The van der Waals surface area contributed by atoms with Gasteiger partial charge in [0.15, 0.2) is 0 Å². The number of rotatable bonds is 9. The molecule has 7 nitrogen and oxygen atoms in total. The van der Waals surface area contributed by atoms with E-state index >= 15 is 0 Å². The summed E-state index contributed by atoms with van der Waals surface area (Å²) >= 11 is 5.86. The Morgan fingerprint density at radius 3 is 2.42 bits per heavy atom. The van der Waals surface area contributed by atoms with E-state index in [2.05, 4.69) is 10.5 Å². The predicted molar refractivity (Wildman–Crippen MR) is 129 cm³/mol. The van der Waals surface area contributed by atoms with Crippen LogP contribution in [0.3, 0.4) is 0 Å². The fourth-order valence-corrected chi connectivity index (χ4v) is 4.69. The Morgan fingerprint density at radius 1 is 1.09 bits per heavy atom. The van der Waals surface area contributed by atoms with Crippen LogP contribution in [0.5, 0.6) is 5.75 Å². The van der Waals surface area contributed by atoms with Crippen molar-refractivity contribution < 1.29 is 17.9 Å². The third kappa shape index (κ3) is 6.64. The molecule has 0 atom stereocenters. The molecule has 3 aromatic carbocycles. The average molecular weight is 486 g/mol. The molecule has 1 N–H and O–H groups in total. The first-order valence-electron chi connectivity index (χ1n) is 10.1. The smallest absolute Gasteiger partial charge is 0.255 e. The Hall–Kier alpha value is -3.20. The van der Waals surface area contributed by atoms with Crippen molar-refractivity contribution >= 4 is 33.7 Å². The van der Waals surface area contributed by atoms with Crippen molar-refractivity contribution in [1.29, 1.82) is 0 Å². The van der Waals surface area contributed by atoms with Crippen LogP contribution in [-0.4, -0.2) is 38.5 Å². The number of hydrogen-bond donors (Lipinski definition) is 1. The molecule has 0 spiro atoms. The molecule has 0 unspecified atom stereocenters. The summed E-state index contributed by atoms with van der Waals surface area (Å²) in [7, 11) is -2.45. The van der Waals surface area contributed by atoms with Crippen LogP contribution in [0.2, 0.25) is 5.02 Å². The molecule has 33 heavy (non-hydrogen) atoms. The number of ether oxygens (including phenoxy) is 1. The maximum atomic E-state index is 13.4. The van der Waals surface area contributed by atoms with E-state index in [9.17, 15) is 13.2 Å². The van der Waals surface area contributed by atoms with E-state index in [0.29, 0.717) is 16.3 Å². The molecule has 0 saturated carbocycles. The van der Waals surface area contributed by atoms with Gasteiger partial charge in [-0.15, -0.1) is 0 Å². The number of nitrogens with zero attached hydrogens (tertiary/aromatic N) is 2. The first-order chi connectivity index (χ1) is 15.8. The van der Waals surface area contributed by atoms with E-state index in [-0.39, 0.29) is 11.4 Å². The largest absolute Gasteiger partial charge is 0.496 e. The van der Waals surface area contributed by atoms with E-state index in [1.807, 2.05) is 18.2 Å². The Balaban J connectivity index is 1.80.